The Morgan fingerprint density at radius 1 is 1.42 bits per heavy atom. The van der Waals surface area contributed by atoms with Crippen molar-refractivity contribution < 1.29 is 27.9 Å². The van der Waals surface area contributed by atoms with E-state index in [0.29, 0.717) is 0 Å². The van der Waals surface area contributed by atoms with E-state index in [1.165, 1.54) is 0 Å². The van der Waals surface area contributed by atoms with Crippen LogP contribution < -0.4 is 0 Å². The summed E-state index contributed by atoms with van der Waals surface area (Å²) in [7, 11) is -4.19. The van der Waals surface area contributed by atoms with Crippen LogP contribution in [0, 0.1) is 0 Å². The van der Waals surface area contributed by atoms with Crippen LogP contribution in [0.4, 0.5) is 0 Å². The van der Waals surface area contributed by atoms with Gasteiger partial charge in [0.15, 0.2) is 11.7 Å². The molecule has 7 heteroatoms. The first-order valence-electron chi connectivity index (χ1n) is 3.28. The van der Waals surface area contributed by atoms with Gasteiger partial charge in [-0.2, -0.15) is 8.42 Å². The molecule has 0 saturated heterocycles. The number of hydrogen-bond acceptors (Lipinski definition) is 5. The number of ether oxygens (including phenoxy) is 1. The lowest BCUT2D eigenvalue weighted by atomic mass is 10.4. The molecule has 3 N–H and O–H groups in total. The molecule has 74 valence electrons. The third kappa shape index (κ3) is 5.44. The predicted octanol–water partition coefficient (Wildman–Crippen LogP) is -1.06. The summed E-state index contributed by atoms with van der Waals surface area (Å²) in [5.74, 6) is 0. The van der Waals surface area contributed by atoms with Gasteiger partial charge in [0, 0.05) is 6.42 Å². The maximum Gasteiger partial charge on any atom is 0.291 e. The van der Waals surface area contributed by atoms with Gasteiger partial charge < -0.3 is 14.9 Å². The number of aliphatic hydroxyl groups is 2. The van der Waals surface area contributed by atoms with Crippen LogP contribution in [-0.2, 0) is 14.9 Å². The minimum absolute atomic E-state index is 0.0974. The minimum atomic E-state index is -4.19. The van der Waals surface area contributed by atoms with Gasteiger partial charge in [-0.15, -0.1) is 0 Å². The summed E-state index contributed by atoms with van der Waals surface area (Å²) in [5.41, 5.74) is -1.34. The molecule has 0 heterocycles. The van der Waals surface area contributed by atoms with Gasteiger partial charge in [0.25, 0.3) is 10.1 Å². The van der Waals surface area contributed by atoms with E-state index in [1.54, 1.807) is 0 Å². The van der Waals surface area contributed by atoms with Crippen LogP contribution in [0.15, 0.2) is 0 Å². The molecule has 1 atom stereocenters. The van der Waals surface area contributed by atoms with E-state index in [1.807, 2.05) is 0 Å². The SMILES string of the molecule is CC(OCCC(O)O)S(=O)(=O)O. The molecule has 0 rings (SSSR count). The van der Waals surface area contributed by atoms with Crippen molar-refractivity contribution in [2.75, 3.05) is 6.61 Å². The van der Waals surface area contributed by atoms with Crippen molar-refractivity contribution in [3.63, 3.8) is 0 Å². The third-order valence-corrected chi connectivity index (χ3v) is 2.12. The lowest BCUT2D eigenvalue weighted by Gasteiger charge is -2.09. The fourth-order valence-corrected chi connectivity index (χ4v) is 0.694. The molecule has 0 fully saturated rings. The topological polar surface area (TPSA) is 104 Å². The Balaban J connectivity index is 3.66. The maximum absolute atomic E-state index is 10.3. The summed E-state index contributed by atoms with van der Waals surface area (Å²) in [5, 5.41) is 16.7. The summed E-state index contributed by atoms with van der Waals surface area (Å²) in [6.45, 7) is 1.01. The molecule has 0 aliphatic carbocycles. The summed E-state index contributed by atoms with van der Waals surface area (Å²) in [6, 6.07) is 0. The molecule has 0 aromatic rings. The van der Waals surface area contributed by atoms with Gasteiger partial charge in [-0.25, -0.2) is 0 Å². The van der Waals surface area contributed by atoms with Crippen molar-refractivity contribution in [1.29, 1.82) is 0 Å². The molecule has 0 aromatic carbocycles. The first-order valence-corrected chi connectivity index (χ1v) is 4.78. The molecule has 1 unspecified atom stereocenters. The minimum Gasteiger partial charge on any atom is -0.368 e. The number of rotatable bonds is 5. The van der Waals surface area contributed by atoms with E-state index in [2.05, 4.69) is 4.74 Å². The first kappa shape index (κ1) is 11.8. The second-order valence-corrected chi connectivity index (χ2v) is 3.92. The molecule has 0 aliphatic heterocycles. The fourth-order valence-electron chi connectivity index (χ4n) is 0.425. The Labute approximate surface area is 70.5 Å². The van der Waals surface area contributed by atoms with E-state index in [-0.39, 0.29) is 13.0 Å². The molecule has 6 nitrogen and oxygen atoms in total. The van der Waals surface area contributed by atoms with E-state index >= 15 is 0 Å². The van der Waals surface area contributed by atoms with Crippen molar-refractivity contribution >= 4 is 10.1 Å². The average Bonchev–Trinajstić information content (AvgIpc) is 1.84. The lowest BCUT2D eigenvalue weighted by Crippen LogP contribution is -2.22. The highest BCUT2D eigenvalue weighted by atomic mass is 32.2. The van der Waals surface area contributed by atoms with Crippen LogP contribution in [0.3, 0.4) is 0 Å². The number of aliphatic hydroxyl groups excluding tert-OH is 1. The summed E-state index contributed by atoms with van der Waals surface area (Å²) in [4.78, 5) is 0. The predicted molar refractivity (Wildman–Crippen MR) is 39.8 cm³/mol. The van der Waals surface area contributed by atoms with Crippen molar-refractivity contribution in [1.82, 2.24) is 0 Å². The molecule has 0 bridgehead atoms. The van der Waals surface area contributed by atoms with Gasteiger partial charge in [-0.3, -0.25) is 4.55 Å². The monoisotopic (exact) mass is 200 g/mol. The van der Waals surface area contributed by atoms with Gasteiger partial charge in [0.1, 0.15) is 0 Å². The zero-order valence-electron chi connectivity index (χ0n) is 6.54. The highest BCUT2D eigenvalue weighted by Gasteiger charge is 2.17. The smallest absolute Gasteiger partial charge is 0.291 e. The quantitative estimate of drug-likeness (QED) is 0.386. The maximum atomic E-state index is 10.3. The molecule has 12 heavy (non-hydrogen) atoms. The second kappa shape index (κ2) is 4.73. The Hall–Kier alpha value is -0.210. The largest absolute Gasteiger partial charge is 0.368 e. The summed E-state index contributed by atoms with van der Waals surface area (Å²) >= 11 is 0. The van der Waals surface area contributed by atoms with E-state index in [4.69, 9.17) is 14.8 Å². The van der Waals surface area contributed by atoms with E-state index in [0.717, 1.165) is 6.92 Å². The number of hydrogen-bond donors (Lipinski definition) is 3. The highest BCUT2D eigenvalue weighted by molar-refractivity contribution is 7.86. The lowest BCUT2D eigenvalue weighted by molar-refractivity contribution is -0.0629. The van der Waals surface area contributed by atoms with Crippen LogP contribution in [0.2, 0.25) is 0 Å². The standard InChI is InChI=1S/C5H12O6S/c1-4(12(8,9)10)11-3-2-5(6)7/h4-7H,2-3H2,1H3,(H,8,9,10). The van der Waals surface area contributed by atoms with Crippen LogP contribution in [0.25, 0.3) is 0 Å². The average molecular weight is 200 g/mol. The van der Waals surface area contributed by atoms with E-state index in [9.17, 15) is 8.42 Å². The second-order valence-electron chi connectivity index (χ2n) is 2.22. The normalized spacial score (nSPS) is 15.1. The van der Waals surface area contributed by atoms with Crippen LogP contribution in [0.1, 0.15) is 13.3 Å². The Morgan fingerprint density at radius 3 is 2.25 bits per heavy atom. The zero-order chi connectivity index (χ0) is 9.78. The van der Waals surface area contributed by atoms with Gasteiger partial charge >= 0.3 is 0 Å². The zero-order valence-corrected chi connectivity index (χ0v) is 7.36. The third-order valence-electron chi connectivity index (χ3n) is 1.15. The van der Waals surface area contributed by atoms with Gasteiger partial charge in [0.2, 0.25) is 0 Å². The van der Waals surface area contributed by atoms with Crippen LogP contribution in [-0.4, -0.2) is 41.5 Å². The Morgan fingerprint density at radius 2 is 1.92 bits per heavy atom. The van der Waals surface area contributed by atoms with Crippen molar-refractivity contribution in [3.8, 4) is 0 Å². The molecule has 0 aromatic heterocycles. The molecular weight excluding hydrogens is 188 g/mol. The fraction of sp³-hybridized carbons (Fsp3) is 1.00. The van der Waals surface area contributed by atoms with Crippen LogP contribution in [0.5, 0.6) is 0 Å². The Kier molecular flexibility index (Phi) is 4.64. The van der Waals surface area contributed by atoms with Gasteiger partial charge in [0.05, 0.1) is 6.61 Å². The summed E-state index contributed by atoms with van der Waals surface area (Å²) in [6.07, 6.45) is -1.63. The highest BCUT2D eigenvalue weighted by Crippen LogP contribution is 2.00. The van der Waals surface area contributed by atoms with Crippen molar-refractivity contribution in [2.45, 2.75) is 25.1 Å². The molecule has 0 amide bonds. The van der Waals surface area contributed by atoms with Crippen molar-refractivity contribution in [3.05, 3.63) is 0 Å². The van der Waals surface area contributed by atoms with Crippen molar-refractivity contribution in [2.24, 2.45) is 0 Å². The molecule has 0 saturated carbocycles. The summed E-state index contributed by atoms with van der Waals surface area (Å²) < 4.78 is 33.6. The molecule has 0 spiro atoms. The first-order chi connectivity index (χ1) is 5.34. The van der Waals surface area contributed by atoms with Gasteiger partial charge in [-0.1, -0.05) is 0 Å². The van der Waals surface area contributed by atoms with Crippen LogP contribution >= 0.6 is 0 Å². The molecular formula is C5H12O6S. The molecule has 0 radical (unpaired) electrons. The Bertz CT molecular complexity index is 208. The van der Waals surface area contributed by atoms with Gasteiger partial charge in [-0.05, 0) is 6.92 Å². The molecule has 0 aliphatic rings. The van der Waals surface area contributed by atoms with E-state index < -0.39 is 21.8 Å².